The number of hydrogen-bond acceptors (Lipinski definition) is 5. The van der Waals surface area contributed by atoms with Crippen molar-refractivity contribution >= 4 is 11.9 Å². The normalized spacial score (nSPS) is 10.4. The van der Waals surface area contributed by atoms with E-state index in [4.69, 9.17) is 5.11 Å². The summed E-state index contributed by atoms with van der Waals surface area (Å²) in [7, 11) is 0. The van der Waals surface area contributed by atoms with Crippen molar-refractivity contribution in [3.63, 3.8) is 0 Å². The van der Waals surface area contributed by atoms with E-state index in [1.54, 1.807) is 4.68 Å². The molecule has 2 rings (SSSR count). The summed E-state index contributed by atoms with van der Waals surface area (Å²) in [5, 5.41) is 22.6. The highest BCUT2D eigenvalue weighted by atomic mass is 16.4. The summed E-state index contributed by atoms with van der Waals surface area (Å²) in [6.07, 6.45) is 1.29. The summed E-state index contributed by atoms with van der Waals surface area (Å²) in [4.78, 5) is 22.2. The number of aromatic nitrogens is 4. The molecule has 1 heterocycles. The zero-order valence-corrected chi connectivity index (χ0v) is 12.7. The fourth-order valence-electron chi connectivity index (χ4n) is 2.08. The summed E-state index contributed by atoms with van der Waals surface area (Å²) in [6.45, 7) is 0.926. The number of carbonyl (C=O) groups is 2. The van der Waals surface area contributed by atoms with Crippen LogP contribution in [0.15, 0.2) is 30.3 Å². The summed E-state index contributed by atoms with van der Waals surface area (Å²) < 4.78 is 1.61. The number of nitrogens with zero attached hydrogens (tertiary/aromatic N) is 4. The van der Waals surface area contributed by atoms with E-state index in [-0.39, 0.29) is 18.7 Å². The monoisotopic (exact) mass is 317 g/mol. The van der Waals surface area contributed by atoms with Crippen LogP contribution in [-0.2, 0) is 29.0 Å². The van der Waals surface area contributed by atoms with E-state index in [0.717, 1.165) is 6.42 Å². The van der Waals surface area contributed by atoms with Gasteiger partial charge in [-0.1, -0.05) is 30.3 Å². The van der Waals surface area contributed by atoms with Crippen LogP contribution in [0, 0.1) is 0 Å². The number of hydrogen-bond donors (Lipinski definition) is 2. The maximum Gasteiger partial charge on any atom is 0.303 e. The topological polar surface area (TPSA) is 110 Å². The van der Waals surface area contributed by atoms with Gasteiger partial charge in [-0.2, -0.15) is 0 Å². The molecule has 8 nitrogen and oxygen atoms in total. The fourth-order valence-corrected chi connectivity index (χ4v) is 2.08. The summed E-state index contributed by atoms with van der Waals surface area (Å²) in [6, 6.07) is 9.96. The predicted octanol–water partition coefficient (Wildman–Crippen LogP) is 0.439. The van der Waals surface area contributed by atoms with Crippen molar-refractivity contribution < 1.29 is 14.7 Å². The van der Waals surface area contributed by atoms with Crippen molar-refractivity contribution in [3.8, 4) is 0 Å². The number of nitrogens with one attached hydrogen (secondary N) is 1. The Morgan fingerprint density at radius 2 is 2.00 bits per heavy atom. The molecule has 1 aromatic carbocycles. The van der Waals surface area contributed by atoms with Crippen LogP contribution in [0.1, 0.15) is 24.2 Å². The SMILES string of the molecule is O=C(O)CCCNC(=O)Cc1nnnn1CCc1ccccc1. The van der Waals surface area contributed by atoms with Gasteiger partial charge in [-0.15, -0.1) is 5.10 Å². The lowest BCUT2D eigenvalue weighted by molar-refractivity contribution is -0.137. The molecule has 1 amide bonds. The molecule has 0 saturated heterocycles. The van der Waals surface area contributed by atoms with Gasteiger partial charge in [-0.25, -0.2) is 4.68 Å². The summed E-state index contributed by atoms with van der Waals surface area (Å²) >= 11 is 0. The van der Waals surface area contributed by atoms with E-state index in [2.05, 4.69) is 20.8 Å². The fraction of sp³-hybridized carbons (Fsp3) is 0.400. The smallest absolute Gasteiger partial charge is 0.303 e. The van der Waals surface area contributed by atoms with Gasteiger partial charge in [0, 0.05) is 19.5 Å². The van der Waals surface area contributed by atoms with E-state index in [9.17, 15) is 9.59 Å². The largest absolute Gasteiger partial charge is 0.481 e. The van der Waals surface area contributed by atoms with Gasteiger partial charge in [0.1, 0.15) is 0 Å². The van der Waals surface area contributed by atoms with Crippen LogP contribution >= 0.6 is 0 Å². The van der Waals surface area contributed by atoms with Crippen LogP contribution in [0.2, 0.25) is 0 Å². The minimum Gasteiger partial charge on any atom is -0.481 e. The van der Waals surface area contributed by atoms with E-state index < -0.39 is 5.97 Å². The number of carbonyl (C=O) groups excluding carboxylic acids is 1. The predicted molar refractivity (Wildman–Crippen MR) is 81.5 cm³/mol. The molecule has 0 unspecified atom stereocenters. The van der Waals surface area contributed by atoms with Crippen molar-refractivity contribution in [2.75, 3.05) is 6.54 Å². The number of aliphatic carboxylic acids is 1. The van der Waals surface area contributed by atoms with Crippen molar-refractivity contribution in [1.82, 2.24) is 25.5 Å². The first-order chi connectivity index (χ1) is 11.1. The van der Waals surface area contributed by atoms with Gasteiger partial charge >= 0.3 is 5.97 Å². The molecule has 0 atom stereocenters. The first kappa shape index (κ1) is 16.6. The highest BCUT2D eigenvalue weighted by molar-refractivity contribution is 5.77. The third kappa shape index (κ3) is 5.85. The van der Waals surface area contributed by atoms with Gasteiger partial charge in [-0.3, -0.25) is 9.59 Å². The Labute approximate surface area is 133 Å². The first-order valence-corrected chi connectivity index (χ1v) is 7.42. The van der Waals surface area contributed by atoms with E-state index in [0.29, 0.717) is 25.3 Å². The molecule has 8 heteroatoms. The highest BCUT2D eigenvalue weighted by Gasteiger charge is 2.11. The molecule has 2 aromatic rings. The van der Waals surface area contributed by atoms with Gasteiger partial charge in [0.05, 0.1) is 6.42 Å². The van der Waals surface area contributed by atoms with Gasteiger partial charge < -0.3 is 10.4 Å². The molecule has 0 radical (unpaired) electrons. The molecule has 0 aliphatic rings. The lowest BCUT2D eigenvalue weighted by atomic mass is 10.1. The molecule has 122 valence electrons. The zero-order chi connectivity index (χ0) is 16.5. The molecule has 0 fully saturated rings. The van der Waals surface area contributed by atoms with E-state index >= 15 is 0 Å². The van der Waals surface area contributed by atoms with Gasteiger partial charge in [0.25, 0.3) is 0 Å². The van der Waals surface area contributed by atoms with Crippen LogP contribution < -0.4 is 5.32 Å². The average Bonchev–Trinajstić information content (AvgIpc) is 2.97. The lowest BCUT2D eigenvalue weighted by Gasteiger charge is -2.06. The third-order valence-electron chi connectivity index (χ3n) is 3.27. The number of carboxylic acids is 1. The van der Waals surface area contributed by atoms with Gasteiger partial charge in [0.15, 0.2) is 5.82 Å². The van der Waals surface area contributed by atoms with Gasteiger partial charge in [-0.05, 0) is 28.8 Å². The molecule has 0 aliphatic carbocycles. The molecule has 0 saturated carbocycles. The summed E-state index contributed by atoms with van der Waals surface area (Å²) in [5.74, 6) is -0.591. The quantitative estimate of drug-likeness (QED) is 0.649. The van der Waals surface area contributed by atoms with E-state index in [1.807, 2.05) is 30.3 Å². The second-order valence-corrected chi connectivity index (χ2v) is 5.08. The molecule has 1 aromatic heterocycles. The second kappa shape index (κ2) is 8.62. The Morgan fingerprint density at radius 3 is 2.74 bits per heavy atom. The Bertz CT molecular complexity index is 642. The molecule has 0 bridgehead atoms. The maximum absolute atomic E-state index is 11.8. The van der Waals surface area contributed by atoms with Gasteiger partial charge in [0.2, 0.25) is 5.91 Å². The number of benzene rings is 1. The van der Waals surface area contributed by atoms with Crippen molar-refractivity contribution in [2.45, 2.75) is 32.2 Å². The van der Waals surface area contributed by atoms with E-state index in [1.165, 1.54) is 5.56 Å². The number of carboxylic acid groups (broad SMARTS) is 1. The minimum atomic E-state index is -0.871. The molecule has 0 spiro atoms. The second-order valence-electron chi connectivity index (χ2n) is 5.08. The molecular formula is C15H19N5O3. The number of rotatable bonds is 9. The highest BCUT2D eigenvalue weighted by Crippen LogP contribution is 2.03. The average molecular weight is 317 g/mol. The molecule has 0 aliphatic heterocycles. The number of aryl methyl sites for hydroxylation is 2. The van der Waals surface area contributed by atoms with Crippen molar-refractivity contribution in [1.29, 1.82) is 0 Å². The Hall–Kier alpha value is -2.77. The standard InChI is InChI=1S/C15H19N5O3/c21-14(16-9-4-7-15(22)23)11-13-17-18-19-20(13)10-8-12-5-2-1-3-6-12/h1-3,5-6H,4,7-11H2,(H,16,21)(H,22,23). The van der Waals surface area contributed by atoms with Crippen molar-refractivity contribution in [3.05, 3.63) is 41.7 Å². The number of tetrazole rings is 1. The van der Waals surface area contributed by atoms with Crippen LogP contribution in [0.3, 0.4) is 0 Å². The molecule has 2 N–H and O–H groups in total. The van der Waals surface area contributed by atoms with Crippen LogP contribution in [-0.4, -0.2) is 43.7 Å². The molecule has 23 heavy (non-hydrogen) atoms. The number of amides is 1. The first-order valence-electron chi connectivity index (χ1n) is 7.42. The van der Waals surface area contributed by atoms with Crippen LogP contribution in [0.5, 0.6) is 0 Å². The van der Waals surface area contributed by atoms with Crippen LogP contribution in [0.25, 0.3) is 0 Å². The zero-order valence-electron chi connectivity index (χ0n) is 12.7. The Morgan fingerprint density at radius 1 is 1.22 bits per heavy atom. The third-order valence-corrected chi connectivity index (χ3v) is 3.27. The lowest BCUT2D eigenvalue weighted by Crippen LogP contribution is -2.28. The summed E-state index contributed by atoms with van der Waals surface area (Å²) in [5.41, 5.74) is 1.17. The Balaban J connectivity index is 1.78. The molecular weight excluding hydrogens is 298 g/mol. The maximum atomic E-state index is 11.8. The minimum absolute atomic E-state index is 0.0368. The Kier molecular flexibility index (Phi) is 6.22. The van der Waals surface area contributed by atoms with Crippen molar-refractivity contribution in [2.24, 2.45) is 0 Å². The van der Waals surface area contributed by atoms with Crippen LogP contribution in [0.4, 0.5) is 0 Å².